The Balaban J connectivity index is 2.10. The van der Waals surface area contributed by atoms with Crippen LogP contribution in [0.2, 0.25) is 5.02 Å². The summed E-state index contributed by atoms with van der Waals surface area (Å²) >= 11 is 5.98. The van der Waals surface area contributed by atoms with Gasteiger partial charge in [0, 0.05) is 6.54 Å². The molecule has 0 bridgehead atoms. The first kappa shape index (κ1) is 14.5. The first-order valence-electron chi connectivity index (χ1n) is 6.10. The van der Waals surface area contributed by atoms with Crippen LogP contribution in [-0.2, 0) is 9.53 Å². The van der Waals surface area contributed by atoms with Gasteiger partial charge in [0.15, 0.2) is 17.6 Å². The zero-order valence-electron chi connectivity index (χ0n) is 11.1. The number of nitrogens with one attached hydrogen (secondary N) is 1. The average Bonchev–Trinajstić information content (AvgIpc) is 2.87. The number of carbonyl (C=O) groups is 2. The molecule has 0 unspecified atom stereocenters. The lowest BCUT2D eigenvalue weighted by Crippen LogP contribution is -2.35. The second kappa shape index (κ2) is 6.00. The van der Waals surface area contributed by atoms with Gasteiger partial charge in [-0.3, -0.25) is 4.79 Å². The van der Waals surface area contributed by atoms with Crippen molar-refractivity contribution in [2.75, 3.05) is 13.3 Å². The second-order valence-electron chi connectivity index (χ2n) is 4.13. The Bertz CT molecular complexity index is 546. The molecule has 7 heteroatoms. The van der Waals surface area contributed by atoms with Crippen molar-refractivity contribution in [3.05, 3.63) is 22.7 Å². The summed E-state index contributed by atoms with van der Waals surface area (Å²) in [7, 11) is 0. The molecule has 0 radical (unpaired) electrons. The summed E-state index contributed by atoms with van der Waals surface area (Å²) in [5, 5.41) is 2.83. The summed E-state index contributed by atoms with van der Waals surface area (Å²) in [6.07, 6.45) is -0.883. The number of benzene rings is 1. The van der Waals surface area contributed by atoms with Crippen LogP contribution in [0.15, 0.2) is 12.1 Å². The highest BCUT2D eigenvalue weighted by Crippen LogP contribution is 2.39. The predicted molar refractivity (Wildman–Crippen MR) is 71.1 cm³/mol. The molecular formula is C13H14ClNO5. The molecule has 1 aliphatic rings. The Hall–Kier alpha value is -1.95. The first-order chi connectivity index (χ1) is 9.52. The van der Waals surface area contributed by atoms with Gasteiger partial charge in [0.2, 0.25) is 6.79 Å². The van der Waals surface area contributed by atoms with Gasteiger partial charge >= 0.3 is 5.97 Å². The van der Waals surface area contributed by atoms with E-state index in [1.165, 1.54) is 19.1 Å². The van der Waals surface area contributed by atoms with E-state index in [4.69, 9.17) is 25.8 Å². The molecule has 20 heavy (non-hydrogen) atoms. The van der Waals surface area contributed by atoms with E-state index < -0.39 is 12.1 Å². The third-order valence-electron chi connectivity index (χ3n) is 2.67. The highest BCUT2D eigenvalue weighted by Gasteiger charge is 2.23. The third-order valence-corrected chi connectivity index (χ3v) is 2.95. The minimum Gasteiger partial charge on any atom is -0.454 e. The summed E-state index contributed by atoms with van der Waals surface area (Å²) in [4.78, 5) is 23.5. The fourth-order valence-corrected chi connectivity index (χ4v) is 1.95. The van der Waals surface area contributed by atoms with E-state index in [0.29, 0.717) is 18.0 Å². The number of hydrogen-bond donors (Lipinski definition) is 1. The fraction of sp³-hybridized carbons (Fsp3) is 0.385. The van der Waals surface area contributed by atoms with E-state index in [1.54, 1.807) is 6.92 Å². The van der Waals surface area contributed by atoms with Gasteiger partial charge in [0.05, 0.1) is 10.6 Å². The molecule has 1 N–H and O–H groups in total. The first-order valence-corrected chi connectivity index (χ1v) is 6.48. The molecule has 108 valence electrons. The van der Waals surface area contributed by atoms with Crippen molar-refractivity contribution in [2.45, 2.75) is 20.0 Å². The van der Waals surface area contributed by atoms with Crippen LogP contribution in [0, 0.1) is 0 Å². The van der Waals surface area contributed by atoms with Crippen molar-refractivity contribution in [1.29, 1.82) is 0 Å². The van der Waals surface area contributed by atoms with E-state index in [2.05, 4.69) is 5.32 Å². The molecule has 0 spiro atoms. The van der Waals surface area contributed by atoms with Crippen molar-refractivity contribution in [2.24, 2.45) is 0 Å². The molecule has 0 aromatic heterocycles. The zero-order valence-corrected chi connectivity index (χ0v) is 11.8. The quantitative estimate of drug-likeness (QED) is 0.857. The van der Waals surface area contributed by atoms with Crippen molar-refractivity contribution in [1.82, 2.24) is 5.32 Å². The number of ether oxygens (including phenoxy) is 3. The summed E-state index contributed by atoms with van der Waals surface area (Å²) in [5.74, 6) is -0.216. The molecule has 1 aliphatic heterocycles. The monoisotopic (exact) mass is 299 g/mol. The number of carbonyl (C=O) groups excluding carboxylic acids is 2. The molecule has 0 saturated heterocycles. The molecule has 1 aromatic carbocycles. The van der Waals surface area contributed by atoms with Gasteiger partial charge in [-0.05, 0) is 26.0 Å². The topological polar surface area (TPSA) is 73.9 Å². The van der Waals surface area contributed by atoms with E-state index >= 15 is 0 Å². The van der Waals surface area contributed by atoms with E-state index in [1.807, 2.05) is 0 Å². The molecule has 1 heterocycles. The molecule has 1 amide bonds. The van der Waals surface area contributed by atoms with Crippen LogP contribution in [-0.4, -0.2) is 31.3 Å². The number of hydrogen-bond acceptors (Lipinski definition) is 5. The number of rotatable bonds is 4. The number of esters is 1. The number of likely N-dealkylation sites (N-methyl/N-ethyl adjacent to an activating group) is 1. The van der Waals surface area contributed by atoms with Gasteiger partial charge in [-0.25, -0.2) is 4.79 Å². The van der Waals surface area contributed by atoms with Crippen LogP contribution in [0.3, 0.4) is 0 Å². The Kier molecular flexibility index (Phi) is 4.34. The smallest absolute Gasteiger partial charge is 0.339 e. The lowest BCUT2D eigenvalue weighted by atomic mass is 10.2. The maximum absolute atomic E-state index is 12.0. The van der Waals surface area contributed by atoms with Crippen molar-refractivity contribution in [3.8, 4) is 11.5 Å². The third kappa shape index (κ3) is 2.96. The highest BCUT2D eigenvalue weighted by molar-refractivity contribution is 6.32. The fourth-order valence-electron chi connectivity index (χ4n) is 1.69. The van der Waals surface area contributed by atoms with E-state index in [-0.39, 0.29) is 23.3 Å². The summed E-state index contributed by atoms with van der Waals surface area (Å²) in [5.41, 5.74) is 0.204. The van der Waals surface area contributed by atoms with Crippen LogP contribution in [0.5, 0.6) is 11.5 Å². The second-order valence-corrected chi connectivity index (χ2v) is 4.54. The highest BCUT2D eigenvalue weighted by atomic mass is 35.5. The van der Waals surface area contributed by atoms with Crippen LogP contribution < -0.4 is 14.8 Å². The summed E-state index contributed by atoms with van der Waals surface area (Å²) in [6, 6.07) is 2.89. The van der Waals surface area contributed by atoms with Crippen molar-refractivity contribution in [3.63, 3.8) is 0 Å². The molecular weight excluding hydrogens is 286 g/mol. The molecule has 1 atom stereocenters. The Morgan fingerprint density at radius 1 is 1.45 bits per heavy atom. The molecule has 6 nitrogen and oxygen atoms in total. The zero-order chi connectivity index (χ0) is 14.7. The standard InChI is InChI=1S/C13H14ClNO5/c1-3-15-12(16)7(2)20-13(17)8-4-9(14)11-10(5-8)18-6-19-11/h4-5,7H,3,6H2,1-2H3,(H,15,16)/t7-/m1/s1. The lowest BCUT2D eigenvalue weighted by molar-refractivity contribution is -0.128. The van der Waals surface area contributed by atoms with E-state index in [0.717, 1.165) is 0 Å². The Morgan fingerprint density at radius 2 is 2.20 bits per heavy atom. The van der Waals surface area contributed by atoms with Crippen molar-refractivity contribution < 1.29 is 23.8 Å². The minimum atomic E-state index is -0.883. The number of halogens is 1. The van der Waals surface area contributed by atoms with Gasteiger partial charge in [0.25, 0.3) is 5.91 Å². The largest absolute Gasteiger partial charge is 0.454 e. The SMILES string of the molecule is CCNC(=O)[C@@H](C)OC(=O)c1cc(Cl)c2c(c1)OCO2. The average molecular weight is 300 g/mol. The van der Waals surface area contributed by atoms with Gasteiger partial charge < -0.3 is 19.5 Å². The van der Waals surface area contributed by atoms with Crippen molar-refractivity contribution >= 4 is 23.5 Å². The molecule has 1 aromatic rings. The minimum absolute atomic E-state index is 0.0584. The van der Waals surface area contributed by atoms with Crippen LogP contribution >= 0.6 is 11.6 Å². The van der Waals surface area contributed by atoms with Crippen LogP contribution in [0.4, 0.5) is 0 Å². The maximum Gasteiger partial charge on any atom is 0.339 e. The van der Waals surface area contributed by atoms with E-state index in [9.17, 15) is 9.59 Å². The molecule has 0 saturated carbocycles. The molecule has 0 aliphatic carbocycles. The van der Waals surface area contributed by atoms with Gasteiger partial charge in [-0.15, -0.1) is 0 Å². The Morgan fingerprint density at radius 3 is 2.90 bits per heavy atom. The van der Waals surface area contributed by atoms with Crippen LogP contribution in [0.1, 0.15) is 24.2 Å². The lowest BCUT2D eigenvalue weighted by Gasteiger charge is -2.13. The van der Waals surface area contributed by atoms with Gasteiger partial charge in [0.1, 0.15) is 0 Å². The maximum atomic E-state index is 12.0. The Labute approximate surface area is 120 Å². The summed E-state index contributed by atoms with van der Waals surface area (Å²) < 4.78 is 15.4. The van der Waals surface area contributed by atoms with Crippen LogP contribution in [0.25, 0.3) is 0 Å². The predicted octanol–water partition coefficient (Wildman–Crippen LogP) is 1.75. The number of amides is 1. The molecule has 2 rings (SSSR count). The van der Waals surface area contributed by atoms with Gasteiger partial charge in [-0.2, -0.15) is 0 Å². The summed E-state index contributed by atoms with van der Waals surface area (Å²) in [6.45, 7) is 3.81. The van der Waals surface area contributed by atoms with Gasteiger partial charge in [-0.1, -0.05) is 11.6 Å². The molecule has 0 fully saturated rings. The normalized spacial score (nSPS) is 13.8. The number of fused-ring (bicyclic) bond motifs is 1.